The number of hydrogen-bond donors (Lipinski definition) is 1. The zero-order chi connectivity index (χ0) is 15.5. The molecule has 2 aromatic rings. The molecule has 0 fully saturated rings. The summed E-state index contributed by atoms with van der Waals surface area (Å²) in [5.41, 5.74) is 1.20. The molecule has 0 aromatic heterocycles. The van der Waals surface area contributed by atoms with E-state index in [-0.39, 0.29) is 11.6 Å². The van der Waals surface area contributed by atoms with Gasteiger partial charge in [0.25, 0.3) is 0 Å². The molecule has 0 unspecified atom stereocenters. The van der Waals surface area contributed by atoms with Crippen molar-refractivity contribution in [3.05, 3.63) is 71.5 Å². The Morgan fingerprint density at radius 1 is 1.00 bits per heavy atom. The van der Waals surface area contributed by atoms with Crippen LogP contribution in [0.3, 0.4) is 0 Å². The zero-order valence-electron chi connectivity index (χ0n) is 11.5. The van der Waals surface area contributed by atoms with Gasteiger partial charge in [0.1, 0.15) is 17.6 Å². The van der Waals surface area contributed by atoms with E-state index in [1.807, 2.05) is 37.3 Å². The summed E-state index contributed by atoms with van der Waals surface area (Å²) < 4.78 is 24.5. The highest BCUT2D eigenvalue weighted by Gasteiger charge is 2.22. The molecule has 0 spiro atoms. The highest BCUT2D eigenvalue weighted by Crippen LogP contribution is 2.39. The Balaban J connectivity index is 2.26. The molecule has 112 valence electrons. The largest absolute Gasteiger partial charge is 0.806 e. The molecule has 0 aliphatic carbocycles. The lowest BCUT2D eigenvalue weighted by Crippen LogP contribution is -2.86. The third-order valence-corrected chi connectivity index (χ3v) is 4.50. The van der Waals surface area contributed by atoms with Gasteiger partial charge < -0.3 is 19.7 Å². The highest BCUT2D eigenvalue weighted by atomic mass is 31.2. The molecule has 0 saturated carbocycles. The van der Waals surface area contributed by atoms with Gasteiger partial charge in [-0.2, -0.15) is 0 Å². The van der Waals surface area contributed by atoms with Gasteiger partial charge in [-0.25, -0.2) is 4.39 Å². The Kier molecular flexibility index (Phi) is 4.91. The maximum Gasteiger partial charge on any atom is 0.137 e. The summed E-state index contributed by atoms with van der Waals surface area (Å²) in [6.07, 6.45) is 0. The van der Waals surface area contributed by atoms with Crippen LogP contribution in [0.1, 0.15) is 29.9 Å². The van der Waals surface area contributed by atoms with Gasteiger partial charge in [-0.1, -0.05) is 30.3 Å². The van der Waals surface area contributed by atoms with Crippen molar-refractivity contribution in [3.63, 3.8) is 0 Å². The van der Waals surface area contributed by atoms with Crippen molar-refractivity contribution in [2.24, 2.45) is 0 Å². The quantitative estimate of drug-likeness (QED) is 0.839. The number of nitrogens with two attached hydrogens (primary N) is 1. The third-order valence-electron chi connectivity index (χ3n) is 3.35. The van der Waals surface area contributed by atoms with E-state index >= 15 is 0 Å². The summed E-state index contributed by atoms with van der Waals surface area (Å²) in [7, 11) is -4.87. The summed E-state index contributed by atoms with van der Waals surface area (Å²) in [5.74, 6) is -1.74. The van der Waals surface area contributed by atoms with Gasteiger partial charge >= 0.3 is 0 Å². The Morgan fingerprint density at radius 3 is 2.10 bits per heavy atom. The van der Waals surface area contributed by atoms with Gasteiger partial charge in [-0.3, -0.25) is 0 Å². The van der Waals surface area contributed by atoms with E-state index in [2.05, 4.69) is 0 Å². The van der Waals surface area contributed by atoms with Gasteiger partial charge in [0.2, 0.25) is 0 Å². The lowest BCUT2D eigenvalue weighted by molar-refractivity contribution is -0.720. The van der Waals surface area contributed by atoms with Crippen LogP contribution in [0, 0.1) is 5.82 Å². The van der Waals surface area contributed by atoms with Crippen LogP contribution in [0.15, 0.2) is 54.6 Å². The second-order valence-electron chi connectivity index (χ2n) is 4.93. The van der Waals surface area contributed by atoms with Crippen LogP contribution >= 0.6 is 7.60 Å². The van der Waals surface area contributed by atoms with Crippen molar-refractivity contribution in [2.75, 3.05) is 0 Å². The average molecular weight is 308 g/mol. The molecule has 0 bridgehead atoms. The van der Waals surface area contributed by atoms with Crippen LogP contribution in [-0.4, -0.2) is 0 Å². The first-order valence-corrected chi connectivity index (χ1v) is 8.16. The number of rotatable bonds is 5. The summed E-state index contributed by atoms with van der Waals surface area (Å²) >= 11 is 0. The predicted molar refractivity (Wildman–Crippen MR) is 73.5 cm³/mol. The lowest BCUT2D eigenvalue weighted by atomic mass is 10.1. The monoisotopic (exact) mass is 308 g/mol. The lowest BCUT2D eigenvalue weighted by Gasteiger charge is -2.37. The van der Waals surface area contributed by atoms with Crippen molar-refractivity contribution < 1.29 is 24.1 Å². The maximum absolute atomic E-state index is 12.9. The van der Waals surface area contributed by atoms with Crippen LogP contribution in [0.2, 0.25) is 0 Å². The second-order valence-corrected chi connectivity index (χ2v) is 6.56. The molecule has 0 aliphatic rings. The molecule has 0 saturated heterocycles. The molecule has 2 aromatic carbocycles. The first-order valence-electron chi connectivity index (χ1n) is 6.55. The van der Waals surface area contributed by atoms with Gasteiger partial charge in [-0.05, 0) is 38.8 Å². The van der Waals surface area contributed by atoms with E-state index in [4.69, 9.17) is 0 Å². The van der Waals surface area contributed by atoms with Crippen LogP contribution in [0.5, 0.6) is 0 Å². The second kappa shape index (κ2) is 6.50. The van der Waals surface area contributed by atoms with Crippen molar-refractivity contribution in [3.8, 4) is 0 Å². The topological polar surface area (TPSA) is 79.8 Å². The van der Waals surface area contributed by atoms with Crippen LogP contribution in [-0.2, 0) is 4.57 Å². The van der Waals surface area contributed by atoms with E-state index < -0.39 is 19.2 Å². The Bertz CT molecular complexity index is 627. The van der Waals surface area contributed by atoms with Crippen molar-refractivity contribution in [1.82, 2.24) is 0 Å². The average Bonchev–Trinajstić information content (AvgIpc) is 2.45. The van der Waals surface area contributed by atoms with Gasteiger partial charge in [0.15, 0.2) is 0 Å². The number of quaternary nitrogens is 1. The first-order chi connectivity index (χ1) is 9.88. The van der Waals surface area contributed by atoms with Crippen molar-refractivity contribution in [2.45, 2.75) is 18.7 Å². The molecule has 6 heteroatoms. The fraction of sp³-hybridized carbons (Fsp3) is 0.200. The molecular formula is C15H16FNO3P-. The van der Waals surface area contributed by atoms with E-state index in [1.54, 1.807) is 0 Å². The predicted octanol–water partition coefficient (Wildman–Crippen LogP) is 1.06. The molecule has 4 nitrogen and oxygen atoms in total. The summed E-state index contributed by atoms with van der Waals surface area (Å²) in [4.78, 5) is 23.1. The van der Waals surface area contributed by atoms with E-state index in [9.17, 15) is 18.7 Å². The molecule has 0 amide bonds. The van der Waals surface area contributed by atoms with Gasteiger partial charge in [0, 0.05) is 11.1 Å². The van der Waals surface area contributed by atoms with E-state index in [1.165, 1.54) is 17.4 Å². The molecule has 2 N–H and O–H groups in total. The number of hydrogen-bond acceptors (Lipinski definition) is 3. The molecule has 0 radical (unpaired) electrons. The molecule has 21 heavy (non-hydrogen) atoms. The summed E-state index contributed by atoms with van der Waals surface area (Å²) in [5, 5.41) is 1.49. The summed E-state index contributed by atoms with van der Waals surface area (Å²) in [6, 6.07) is 14.0. The third kappa shape index (κ3) is 4.22. The van der Waals surface area contributed by atoms with Crippen LogP contribution in [0.4, 0.5) is 4.39 Å². The minimum atomic E-state index is -4.87. The van der Waals surface area contributed by atoms with Gasteiger partial charge in [0.05, 0.1) is 0 Å². The SMILES string of the molecule is C[C@H]([NH2+][C@@H](c1ccc(F)cc1)P(=O)([O-])[O-])c1ccccc1. The van der Waals surface area contributed by atoms with Crippen molar-refractivity contribution in [1.29, 1.82) is 0 Å². The van der Waals surface area contributed by atoms with Gasteiger partial charge in [-0.15, -0.1) is 0 Å². The minimum absolute atomic E-state index is 0.211. The normalized spacial score (nSPS) is 14.7. The number of halogens is 1. The fourth-order valence-corrected chi connectivity index (χ4v) is 3.21. The van der Waals surface area contributed by atoms with Crippen LogP contribution < -0.4 is 15.1 Å². The van der Waals surface area contributed by atoms with Crippen molar-refractivity contribution >= 4 is 7.60 Å². The molecule has 0 aliphatic heterocycles. The molecular weight excluding hydrogens is 292 g/mol. The Labute approximate surface area is 122 Å². The number of benzene rings is 2. The smallest absolute Gasteiger partial charge is 0.137 e. The minimum Gasteiger partial charge on any atom is -0.806 e. The molecule has 0 heterocycles. The van der Waals surface area contributed by atoms with Crippen LogP contribution in [0.25, 0.3) is 0 Å². The highest BCUT2D eigenvalue weighted by molar-refractivity contribution is 7.48. The van der Waals surface area contributed by atoms with E-state index in [0.29, 0.717) is 0 Å². The Morgan fingerprint density at radius 2 is 1.57 bits per heavy atom. The molecule has 2 rings (SSSR count). The first kappa shape index (κ1) is 15.9. The van der Waals surface area contributed by atoms with E-state index in [0.717, 1.165) is 17.7 Å². The fourth-order valence-electron chi connectivity index (χ4n) is 2.20. The standard InChI is InChI=1S/C15H17FNO3P/c1-11(12-5-3-2-4-6-12)17-15(21(18,19)20)13-7-9-14(16)10-8-13/h2-11,15,17H,1H3,(H2,18,19,20)/p-1/t11-,15+/m0/s1. The zero-order valence-corrected chi connectivity index (χ0v) is 12.4. The molecule has 2 atom stereocenters. The summed E-state index contributed by atoms with van der Waals surface area (Å²) in [6.45, 7) is 1.82. The maximum atomic E-state index is 12.9. The Hall–Kier alpha value is -1.52.